The van der Waals surface area contributed by atoms with Crippen molar-refractivity contribution in [3.63, 3.8) is 0 Å². The SMILES string of the molecule is COc1ccc2nccc(Nc3c([C@H](O)C#N)ccc(Cl)c3F)c2n1. The van der Waals surface area contributed by atoms with Gasteiger partial charge in [-0.05, 0) is 18.2 Å². The maximum Gasteiger partial charge on any atom is 0.213 e. The molecular formula is C17H12ClFN4O2. The average molecular weight is 359 g/mol. The first kappa shape index (κ1) is 16.9. The molecule has 0 aliphatic rings. The zero-order chi connectivity index (χ0) is 18.0. The zero-order valence-electron chi connectivity index (χ0n) is 13.0. The first-order valence-corrected chi connectivity index (χ1v) is 7.55. The lowest BCUT2D eigenvalue weighted by atomic mass is 10.1. The lowest BCUT2D eigenvalue weighted by molar-refractivity contribution is 0.236. The lowest BCUT2D eigenvalue weighted by Gasteiger charge is -2.16. The van der Waals surface area contributed by atoms with Gasteiger partial charge in [0.15, 0.2) is 11.9 Å². The molecule has 0 radical (unpaired) electrons. The molecule has 0 aliphatic carbocycles. The van der Waals surface area contributed by atoms with E-state index in [1.54, 1.807) is 24.3 Å². The number of methoxy groups -OCH3 is 1. The topological polar surface area (TPSA) is 91.1 Å². The summed E-state index contributed by atoms with van der Waals surface area (Å²) in [5.74, 6) is -0.409. The highest BCUT2D eigenvalue weighted by molar-refractivity contribution is 6.31. The highest BCUT2D eigenvalue weighted by Gasteiger charge is 2.19. The minimum atomic E-state index is -1.51. The fraction of sp³-hybridized carbons (Fsp3) is 0.118. The molecule has 6 nitrogen and oxygen atoms in total. The highest BCUT2D eigenvalue weighted by atomic mass is 35.5. The second kappa shape index (κ2) is 6.89. The van der Waals surface area contributed by atoms with Crippen molar-refractivity contribution in [1.29, 1.82) is 5.26 Å². The molecular weight excluding hydrogens is 347 g/mol. The molecule has 8 heteroatoms. The fourth-order valence-electron chi connectivity index (χ4n) is 2.35. The molecule has 0 bridgehead atoms. The van der Waals surface area contributed by atoms with E-state index in [9.17, 15) is 9.50 Å². The zero-order valence-corrected chi connectivity index (χ0v) is 13.8. The van der Waals surface area contributed by atoms with Gasteiger partial charge < -0.3 is 15.2 Å². The van der Waals surface area contributed by atoms with Crippen LogP contribution < -0.4 is 10.1 Å². The van der Waals surface area contributed by atoms with Gasteiger partial charge in [-0.25, -0.2) is 9.37 Å². The van der Waals surface area contributed by atoms with Crippen molar-refractivity contribution in [2.75, 3.05) is 12.4 Å². The van der Waals surface area contributed by atoms with E-state index >= 15 is 0 Å². The van der Waals surface area contributed by atoms with Gasteiger partial charge in [-0.2, -0.15) is 5.26 Å². The largest absolute Gasteiger partial charge is 0.481 e. The molecule has 0 saturated heterocycles. The van der Waals surface area contributed by atoms with Gasteiger partial charge in [-0.3, -0.25) is 4.98 Å². The van der Waals surface area contributed by atoms with Gasteiger partial charge >= 0.3 is 0 Å². The number of halogens is 2. The monoisotopic (exact) mass is 358 g/mol. The summed E-state index contributed by atoms with van der Waals surface area (Å²) >= 11 is 5.84. The second-order valence-corrected chi connectivity index (χ2v) is 5.47. The van der Waals surface area contributed by atoms with Crippen LogP contribution in [0.15, 0.2) is 36.5 Å². The van der Waals surface area contributed by atoms with E-state index in [0.29, 0.717) is 22.6 Å². The number of nitrogens with one attached hydrogen (secondary N) is 1. The summed E-state index contributed by atoms with van der Waals surface area (Å²) in [6.45, 7) is 0. The van der Waals surface area contributed by atoms with Gasteiger partial charge in [0.2, 0.25) is 5.88 Å². The van der Waals surface area contributed by atoms with Crippen LogP contribution in [0.3, 0.4) is 0 Å². The predicted molar refractivity (Wildman–Crippen MR) is 91.4 cm³/mol. The van der Waals surface area contributed by atoms with Crippen LogP contribution in [-0.2, 0) is 0 Å². The Morgan fingerprint density at radius 1 is 1.32 bits per heavy atom. The number of nitriles is 1. The van der Waals surface area contributed by atoms with Crippen LogP contribution >= 0.6 is 11.6 Å². The first-order valence-electron chi connectivity index (χ1n) is 7.17. The van der Waals surface area contributed by atoms with Gasteiger partial charge in [-0.1, -0.05) is 17.7 Å². The first-order chi connectivity index (χ1) is 12.0. The molecule has 0 saturated carbocycles. The van der Waals surface area contributed by atoms with E-state index in [0.717, 1.165) is 0 Å². The third-order valence-corrected chi connectivity index (χ3v) is 3.86. The van der Waals surface area contributed by atoms with E-state index in [2.05, 4.69) is 15.3 Å². The van der Waals surface area contributed by atoms with E-state index in [1.807, 2.05) is 0 Å². The minimum Gasteiger partial charge on any atom is -0.481 e. The molecule has 1 aromatic carbocycles. The van der Waals surface area contributed by atoms with Crippen LogP contribution in [0.1, 0.15) is 11.7 Å². The molecule has 1 atom stereocenters. The summed E-state index contributed by atoms with van der Waals surface area (Å²) < 4.78 is 19.6. The molecule has 0 fully saturated rings. The Kier molecular flexibility index (Phi) is 4.65. The predicted octanol–water partition coefficient (Wildman–Crippen LogP) is 3.73. The molecule has 0 unspecified atom stereocenters. The average Bonchev–Trinajstić information content (AvgIpc) is 2.64. The number of pyridine rings is 2. The maximum atomic E-state index is 14.5. The smallest absolute Gasteiger partial charge is 0.213 e. The Balaban J connectivity index is 2.16. The van der Waals surface area contributed by atoms with E-state index < -0.39 is 11.9 Å². The molecule has 0 aliphatic heterocycles. The van der Waals surface area contributed by atoms with Crippen LogP contribution in [0, 0.1) is 17.1 Å². The molecule has 3 rings (SSSR count). The van der Waals surface area contributed by atoms with Gasteiger partial charge in [0.25, 0.3) is 0 Å². The van der Waals surface area contributed by atoms with Gasteiger partial charge in [-0.15, -0.1) is 0 Å². The van der Waals surface area contributed by atoms with Crippen molar-refractivity contribution >= 4 is 34.0 Å². The molecule has 0 amide bonds. The number of nitrogens with zero attached hydrogens (tertiary/aromatic N) is 3. The van der Waals surface area contributed by atoms with Crippen molar-refractivity contribution in [1.82, 2.24) is 9.97 Å². The number of hydrogen-bond donors (Lipinski definition) is 2. The number of ether oxygens (including phenoxy) is 1. The normalized spacial score (nSPS) is 11.8. The van der Waals surface area contributed by atoms with Gasteiger partial charge in [0.1, 0.15) is 5.52 Å². The van der Waals surface area contributed by atoms with Crippen molar-refractivity contribution in [3.8, 4) is 11.9 Å². The number of aromatic nitrogens is 2. The fourth-order valence-corrected chi connectivity index (χ4v) is 2.50. The Bertz CT molecular complexity index is 990. The van der Waals surface area contributed by atoms with Crippen molar-refractivity contribution < 1.29 is 14.2 Å². The third-order valence-electron chi connectivity index (χ3n) is 3.57. The second-order valence-electron chi connectivity index (χ2n) is 5.06. The Morgan fingerprint density at radius 2 is 2.12 bits per heavy atom. The van der Waals surface area contributed by atoms with E-state index in [-0.39, 0.29) is 16.3 Å². The molecule has 0 spiro atoms. The summed E-state index contributed by atoms with van der Waals surface area (Å²) in [6, 6.07) is 9.30. The molecule has 2 heterocycles. The number of hydrogen-bond acceptors (Lipinski definition) is 6. The van der Waals surface area contributed by atoms with Crippen LogP contribution in [0.2, 0.25) is 5.02 Å². The van der Waals surface area contributed by atoms with Crippen LogP contribution in [-0.4, -0.2) is 22.2 Å². The standard InChI is InChI=1S/C17H12ClFN4O2/c1-25-14-5-4-11-17(23-14)12(6-7-21-11)22-16-9(13(24)8-20)2-3-10(18)15(16)19/h2-7,13,24H,1H3,(H,21,22)/t13-/m1/s1. The number of fused-ring (bicyclic) bond motifs is 1. The quantitative estimate of drug-likeness (QED) is 0.690. The summed E-state index contributed by atoms with van der Waals surface area (Å²) in [5.41, 5.74) is 1.40. The van der Waals surface area contributed by atoms with E-state index in [1.165, 1.54) is 25.4 Å². The Labute approximate surface area is 147 Å². The van der Waals surface area contributed by atoms with Crippen molar-refractivity contribution in [3.05, 3.63) is 52.9 Å². The molecule has 3 aromatic rings. The summed E-state index contributed by atoms with van der Waals surface area (Å²) in [5, 5.41) is 21.5. The summed E-state index contributed by atoms with van der Waals surface area (Å²) in [4.78, 5) is 8.50. The maximum absolute atomic E-state index is 14.5. The van der Waals surface area contributed by atoms with E-state index in [4.69, 9.17) is 21.6 Å². The molecule has 126 valence electrons. The summed E-state index contributed by atoms with van der Waals surface area (Å²) in [7, 11) is 1.48. The number of benzene rings is 1. The minimum absolute atomic E-state index is 0.0669. The number of rotatable bonds is 4. The van der Waals surface area contributed by atoms with Crippen molar-refractivity contribution in [2.45, 2.75) is 6.10 Å². The van der Waals surface area contributed by atoms with Crippen molar-refractivity contribution in [2.24, 2.45) is 0 Å². The number of aliphatic hydroxyl groups is 1. The molecule has 2 N–H and O–H groups in total. The summed E-state index contributed by atoms with van der Waals surface area (Å²) in [6.07, 6.45) is 0.0200. The molecule has 2 aromatic heterocycles. The third kappa shape index (κ3) is 3.18. The number of aliphatic hydroxyl groups excluding tert-OH is 1. The van der Waals surface area contributed by atoms with Gasteiger partial charge in [0, 0.05) is 17.8 Å². The Morgan fingerprint density at radius 3 is 2.84 bits per heavy atom. The Hall–Kier alpha value is -2.95. The van der Waals surface area contributed by atoms with Crippen LogP contribution in [0.5, 0.6) is 5.88 Å². The molecule has 25 heavy (non-hydrogen) atoms. The number of anilines is 2. The van der Waals surface area contributed by atoms with Gasteiger partial charge in [0.05, 0.1) is 35.1 Å². The van der Waals surface area contributed by atoms with Crippen LogP contribution in [0.4, 0.5) is 15.8 Å². The van der Waals surface area contributed by atoms with Crippen LogP contribution in [0.25, 0.3) is 11.0 Å². The lowest BCUT2D eigenvalue weighted by Crippen LogP contribution is -2.05. The highest BCUT2D eigenvalue weighted by Crippen LogP contribution is 2.34.